The molecule has 2 saturated heterocycles. The van der Waals surface area contributed by atoms with Crippen molar-refractivity contribution in [3.63, 3.8) is 0 Å². The molecule has 0 radical (unpaired) electrons. The van der Waals surface area contributed by atoms with Gasteiger partial charge in [-0.05, 0) is 43.6 Å². The van der Waals surface area contributed by atoms with Crippen molar-refractivity contribution >= 4 is 34.2 Å². The lowest BCUT2D eigenvalue weighted by molar-refractivity contribution is 0.201. The quantitative estimate of drug-likeness (QED) is 0.0863. The number of hydrazone groups is 1. The number of aromatic amines is 1. The van der Waals surface area contributed by atoms with E-state index in [1.807, 2.05) is 12.1 Å². The smallest absolute Gasteiger partial charge is 0.277 e. The van der Waals surface area contributed by atoms with Gasteiger partial charge in [-0.25, -0.2) is 21.5 Å². The van der Waals surface area contributed by atoms with Crippen LogP contribution in [0.2, 0.25) is 0 Å². The van der Waals surface area contributed by atoms with Crippen molar-refractivity contribution < 1.29 is 0 Å². The monoisotopic (exact) mass is 531 g/mol. The molecule has 14 heteroatoms. The summed E-state index contributed by atoms with van der Waals surface area (Å²) in [6.07, 6.45) is 3.42. The van der Waals surface area contributed by atoms with E-state index in [-0.39, 0.29) is 11.5 Å². The summed E-state index contributed by atoms with van der Waals surface area (Å²) < 4.78 is 0. The van der Waals surface area contributed by atoms with E-state index in [9.17, 15) is 4.79 Å². The molecule has 2 aliphatic rings. The highest BCUT2D eigenvalue weighted by Crippen LogP contribution is 2.25. The van der Waals surface area contributed by atoms with Gasteiger partial charge in [0.25, 0.3) is 5.56 Å². The first-order valence-electron chi connectivity index (χ1n) is 13.0. The summed E-state index contributed by atoms with van der Waals surface area (Å²) in [5.74, 6) is 7.01. The number of fused-ring (bicyclic) bond motifs is 1. The molecular formula is C25H33N13O. The van der Waals surface area contributed by atoms with Crippen LogP contribution >= 0.6 is 0 Å². The molecule has 39 heavy (non-hydrogen) atoms. The maximum atomic E-state index is 12.6. The summed E-state index contributed by atoms with van der Waals surface area (Å²) in [6, 6.07) is 10.3. The molecule has 3 aromatic rings. The summed E-state index contributed by atoms with van der Waals surface area (Å²) in [5, 5.41) is 23.0. The molecule has 0 unspecified atom stereocenters. The second-order valence-electron chi connectivity index (χ2n) is 9.79. The van der Waals surface area contributed by atoms with Crippen LogP contribution in [0, 0.1) is 17.2 Å². The molecule has 2 aromatic heterocycles. The van der Waals surface area contributed by atoms with Gasteiger partial charge in [0.15, 0.2) is 0 Å². The summed E-state index contributed by atoms with van der Waals surface area (Å²) in [7, 11) is 0. The number of amidine groups is 1. The molecule has 0 bridgehead atoms. The van der Waals surface area contributed by atoms with Crippen LogP contribution in [0.15, 0.2) is 40.4 Å². The molecule has 2 fully saturated rings. The summed E-state index contributed by atoms with van der Waals surface area (Å²) >= 11 is 0. The van der Waals surface area contributed by atoms with Crippen LogP contribution < -0.4 is 32.9 Å². The molecule has 0 atom stereocenters. The third-order valence-corrected chi connectivity index (χ3v) is 7.28. The molecular weight excluding hydrogens is 498 g/mol. The van der Waals surface area contributed by atoms with Gasteiger partial charge in [-0.15, -0.1) is 0 Å². The van der Waals surface area contributed by atoms with E-state index in [0.717, 1.165) is 51.3 Å². The molecule has 0 aliphatic carbocycles. The van der Waals surface area contributed by atoms with Gasteiger partial charge in [0, 0.05) is 44.3 Å². The second-order valence-corrected chi connectivity index (χ2v) is 9.79. The zero-order chi connectivity index (χ0) is 27.2. The number of nitrogens with zero attached hydrogens (tertiary/aromatic N) is 8. The zero-order valence-corrected chi connectivity index (χ0v) is 21.7. The lowest BCUT2D eigenvalue weighted by Crippen LogP contribution is -2.47. The fourth-order valence-electron chi connectivity index (χ4n) is 5.07. The van der Waals surface area contributed by atoms with Crippen LogP contribution in [0.1, 0.15) is 18.4 Å². The Morgan fingerprint density at radius 3 is 2.54 bits per heavy atom. The highest BCUT2D eigenvalue weighted by atomic mass is 16.1. The largest absolute Gasteiger partial charge is 0.385 e. The first kappa shape index (κ1) is 26.3. The van der Waals surface area contributed by atoms with Crippen molar-refractivity contribution in [3.8, 4) is 6.07 Å². The van der Waals surface area contributed by atoms with Gasteiger partial charge in [0.1, 0.15) is 22.6 Å². The minimum Gasteiger partial charge on any atom is -0.385 e. The molecule has 1 aromatic carbocycles. The van der Waals surface area contributed by atoms with Crippen LogP contribution in [0.5, 0.6) is 0 Å². The predicted octanol–water partition coefficient (Wildman–Crippen LogP) is 0.0498. The Morgan fingerprint density at radius 2 is 1.85 bits per heavy atom. The van der Waals surface area contributed by atoms with E-state index in [0.29, 0.717) is 48.1 Å². The Hall–Kier alpha value is -4.32. The lowest BCUT2D eigenvalue weighted by atomic mass is 9.95. The number of likely N-dealkylation sites (tertiary alicyclic amines) is 1. The van der Waals surface area contributed by atoms with Crippen molar-refractivity contribution in [3.05, 3.63) is 46.4 Å². The number of piperazine rings is 1. The Kier molecular flexibility index (Phi) is 8.11. The van der Waals surface area contributed by atoms with Gasteiger partial charge >= 0.3 is 0 Å². The van der Waals surface area contributed by atoms with E-state index >= 15 is 0 Å². The topological polar surface area (TPSA) is 194 Å². The van der Waals surface area contributed by atoms with E-state index in [1.54, 1.807) is 0 Å². The van der Waals surface area contributed by atoms with Crippen LogP contribution in [0.25, 0.3) is 10.9 Å². The zero-order valence-electron chi connectivity index (χ0n) is 21.7. The molecule has 5 rings (SSSR count). The number of aromatic nitrogens is 4. The minimum absolute atomic E-state index is 0.247. The molecule has 14 nitrogen and oxygen atoms in total. The van der Waals surface area contributed by atoms with Crippen LogP contribution in [0.4, 0.5) is 17.5 Å². The number of benzene rings is 1. The van der Waals surface area contributed by atoms with Crippen molar-refractivity contribution in [1.29, 1.82) is 5.26 Å². The lowest BCUT2D eigenvalue weighted by Gasteiger charge is -2.33. The number of H-pyrrole nitrogens is 1. The maximum Gasteiger partial charge on any atom is 0.277 e. The molecule has 4 heterocycles. The average molecular weight is 532 g/mol. The standard InChI is InChI=1S/C25H33N13O/c26-7-10-36-11-13-38(14-12-36)25-31-20-15-29-34-24(39)21(20)23(32-25)30-19-3-1-17(2-4-19)16-37-8-5-18(6-9-37)22(27)33-35-28/h1-4,15,18,35H,5-6,8-14,16,28H2,(H2,27,33)(H,34,39)(H,30,31,32). The van der Waals surface area contributed by atoms with Crippen LogP contribution in [-0.2, 0) is 6.54 Å². The number of hydrogen-bond donors (Lipinski definition) is 5. The third kappa shape index (κ3) is 6.23. The van der Waals surface area contributed by atoms with Crippen molar-refractivity contribution in [2.75, 3.05) is 56.0 Å². The molecule has 204 valence electrons. The number of hydrogen-bond acceptors (Lipinski definition) is 12. The van der Waals surface area contributed by atoms with E-state index in [4.69, 9.17) is 21.8 Å². The van der Waals surface area contributed by atoms with Crippen LogP contribution in [0.3, 0.4) is 0 Å². The van der Waals surface area contributed by atoms with Gasteiger partial charge in [0.05, 0.1) is 18.8 Å². The fraction of sp³-hybridized carbons (Fsp3) is 0.440. The molecule has 7 N–H and O–H groups in total. The van der Waals surface area contributed by atoms with Crippen molar-refractivity contribution in [2.45, 2.75) is 19.4 Å². The number of nitriles is 1. The van der Waals surface area contributed by atoms with Gasteiger partial charge < -0.3 is 16.0 Å². The Labute approximate surface area is 225 Å². The highest BCUT2D eigenvalue weighted by molar-refractivity contribution is 5.90. The second kappa shape index (κ2) is 12.0. The molecule has 0 amide bonds. The number of rotatable bonds is 8. The fourth-order valence-corrected chi connectivity index (χ4v) is 5.07. The van der Waals surface area contributed by atoms with Gasteiger partial charge in [-0.2, -0.15) is 20.4 Å². The Bertz CT molecular complexity index is 1400. The summed E-state index contributed by atoms with van der Waals surface area (Å²) in [4.78, 5) is 28.6. The first-order chi connectivity index (χ1) is 19.0. The average Bonchev–Trinajstić information content (AvgIpc) is 2.95. The van der Waals surface area contributed by atoms with E-state index < -0.39 is 0 Å². The van der Waals surface area contributed by atoms with Gasteiger partial charge in [-0.3, -0.25) is 14.6 Å². The van der Waals surface area contributed by atoms with Crippen LogP contribution in [-0.4, -0.2) is 81.6 Å². The van der Waals surface area contributed by atoms with Gasteiger partial charge in [-0.1, -0.05) is 12.1 Å². The van der Waals surface area contributed by atoms with Crippen molar-refractivity contribution in [1.82, 2.24) is 35.5 Å². The Morgan fingerprint density at radius 1 is 1.10 bits per heavy atom. The van der Waals surface area contributed by atoms with E-state index in [1.165, 1.54) is 11.8 Å². The molecule has 0 spiro atoms. The summed E-state index contributed by atoms with van der Waals surface area (Å²) in [6.45, 7) is 5.99. The SMILES string of the molecule is N#CCN1CCN(c2nc(Nc3ccc(CN4CCC(/C(N)=N/NN)CC4)cc3)c3c(=O)[nH]ncc3n2)CC1. The normalized spacial score (nSPS) is 17.7. The van der Waals surface area contributed by atoms with Gasteiger partial charge in [0.2, 0.25) is 5.95 Å². The number of nitrogens with two attached hydrogens (primary N) is 2. The minimum atomic E-state index is -0.353. The number of hydrazine groups is 1. The third-order valence-electron chi connectivity index (χ3n) is 7.28. The molecule has 0 saturated carbocycles. The first-order valence-corrected chi connectivity index (χ1v) is 13.0. The van der Waals surface area contributed by atoms with E-state index in [2.05, 4.69) is 64.0 Å². The highest BCUT2D eigenvalue weighted by Gasteiger charge is 2.23. The number of piperidine rings is 1. The number of anilines is 3. The van der Waals surface area contributed by atoms with Crippen molar-refractivity contribution in [2.24, 2.45) is 22.6 Å². The predicted molar refractivity (Wildman–Crippen MR) is 149 cm³/mol. The molecule has 2 aliphatic heterocycles. The maximum absolute atomic E-state index is 12.6. The number of nitrogens with one attached hydrogen (secondary N) is 3. The Balaban J connectivity index is 1.28. The summed E-state index contributed by atoms with van der Waals surface area (Å²) in [5.41, 5.74) is 10.4.